The number of alkyl halides is 3. The van der Waals surface area contributed by atoms with Crippen LogP contribution in [0.5, 0.6) is 0 Å². The summed E-state index contributed by atoms with van der Waals surface area (Å²) in [6.07, 6.45) is -0.647. The maximum absolute atomic E-state index is 11.9. The van der Waals surface area contributed by atoms with Crippen LogP contribution in [0.2, 0.25) is 0 Å². The fourth-order valence-corrected chi connectivity index (χ4v) is 0.868. The molecule has 0 aromatic heterocycles. The molecule has 1 aliphatic heterocycles. The second kappa shape index (κ2) is 2.77. The average Bonchev–Trinajstić information content (AvgIpc) is 1.86. The van der Waals surface area contributed by atoms with Crippen LogP contribution < -0.4 is 5.32 Å². The smallest absolute Gasteiger partial charge is 0.371 e. The molecule has 0 unspecified atom stereocenters. The highest BCUT2D eigenvalue weighted by Gasteiger charge is 2.43. The van der Waals surface area contributed by atoms with Crippen molar-refractivity contribution in [3.8, 4) is 0 Å². The lowest BCUT2D eigenvalue weighted by Gasteiger charge is -2.20. The third kappa shape index (κ3) is 1.89. The molecule has 1 aliphatic rings. The lowest BCUT2D eigenvalue weighted by atomic mass is 10.2. The molecule has 61 valence electrons. The van der Waals surface area contributed by atoms with Gasteiger partial charge in [0.05, 0.1) is 5.03 Å². The maximum atomic E-state index is 11.9. The molecule has 1 heterocycles. The molecule has 1 radical (unpaired) electrons. The van der Waals surface area contributed by atoms with Gasteiger partial charge >= 0.3 is 6.18 Å². The number of dihydropyridines is 1. The van der Waals surface area contributed by atoms with Crippen molar-refractivity contribution in [2.45, 2.75) is 6.18 Å². The topological polar surface area (TPSA) is 12.0 Å². The Labute approximate surface area is 66.5 Å². The third-order valence-corrected chi connectivity index (χ3v) is 1.40. The van der Waals surface area contributed by atoms with E-state index in [9.17, 15) is 13.2 Å². The monoisotopic (exact) mass is 182 g/mol. The van der Waals surface area contributed by atoms with Crippen molar-refractivity contribution in [2.75, 3.05) is 0 Å². The van der Waals surface area contributed by atoms with Crippen LogP contribution in [0.3, 0.4) is 0 Å². The zero-order chi connectivity index (χ0) is 8.48. The van der Waals surface area contributed by atoms with E-state index in [2.05, 4.69) is 0 Å². The summed E-state index contributed by atoms with van der Waals surface area (Å²) in [5.74, 6) is 0. The third-order valence-electron chi connectivity index (χ3n) is 1.09. The fourth-order valence-electron chi connectivity index (χ4n) is 0.634. The number of hydrogen-bond donors (Lipinski definition) is 1. The molecule has 0 spiro atoms. The van der Waals surface area contributed by atoms with Gasteiger partial charge in [0.15, 0.2) is 0 Å². The molecule has 11 heavy (non-hydrogen) atoms. The van der Waals surface area contributed by atoms with Crippen molar-refractivity contribution < 1.29 is 13.2 Å². The van der Waals surface area contributed by atoms with Crippen molar-refractivity contribution in [1.29, 1.82) is 0 Å². The highest BCUT2D eigenvalue weighted by atomic mass is 35.5. The first-order chi connectivity index (χ1) is 5.02. The molecule has 0 aromatic rings. The second-order valence-electron chi connectivity index (χ2n) is 1.89. The average molecular weight is 183 g/mol. The lowest BCUT2D eigenvalue weighted by Crippen LogP contribution is -2.32. The number of halogens is 4. The van der Waals surface area contributed by atoms with Crippen molar-refractivity contribution in [2.24, 2.45) is 0 Å². The Bertz CT molecular complexity index is 206. The molecule has 0 atom stereocenters. The van der Waals surface area contributed by atoms with Gasteiger partial charge in [-0.3, -0.25) is 0 Å². The minimum absolute atomic E-state index is 0.319. The molecule has 0 amide bonds. The normalized spacial score (nSPS) is 19.5. The lowest BCUT2D eigenvalue weighted by molar-refractivity contribution is -0.113. The Hall–Kier alpha value is -0.640. The first kappa shape index (κ1) is 8.46. The number of hydrogen-bond acceptors (Lipinski definition) is 1. The van der Waals surface area contributed by atoms with Crippen LogP contribution in [0.25, 0.3) is 0 Å². The molecule has 0 saturated heterocycles. The predicted octanol–water partition coefficient (Wildman–Crippen LogP) is 2.32. The number of allylic oxidation sites excluding steroid dienone is 2. The van der Waals surface area contributed by atoms with E-state index in [0.29, 0.717) is 0 Å². The number of rotatable bonds is 0. The maximum Gasteiger partial charge on any atom is 0.419 e. The van der Waals surface area contributed by atoms with Crippen LogP contribution in [0, 0.1) is 6.04 Å². The van der Waals surface area contributed by atoms with Crippen molar-refractivity contribution >= 4 is 11.6 Å². The standard InChI is InChI=1S/C6H4ClF3N/c7-4-2-1-3-11-5(4)6(8,9)10/h1-3,11H. The Morgan fingerprint density at radius 1 is 1.36 bits per heavy atom. The SMILES string of the molecule is FC(F)(F)[C]1NC=CC=C1Cl. The first-order valence-electron chi connectivity index (χ1n) is 2.75. The molecule has 0 aliphatic carbocycles. The summed E-state index contributed by atoms with van der Waals surface area (Å²) in [7, 11) is 0. The quantitative estimate of drug-likeness (QED) is 0.606. The van der Waals surface area contributed by atoms with Crippen LogP contribution in [-0.2, 0) is 0 Å². The molecule has 1 N–H and O–H groups in total. The minimum atomic E-state index is -4.40. The molecule has 0 saturated carbocycles. The van der Waals surface area contributed by atoms with Gasteiger partial charge in [0.2, 0.25) is 6.04 Å². The van der Waals surface area contributed by atoms with Gasteiger partial charge in [0.25, 0.3) is 0 Å². The highest BCUT2D eigenvalue weighted by Crippen LogP contribution is 2.34. The molecule has 0 bridgehead atoms. The number of nitrogens with one attached hydrogen (secondary N) is 1. The zero-order valence-corrected chi connectivity index (χ0v) is 6.00. The largest absolute Gasteiger partial charge is 0.419 e. The predicted molar refractivity (Wildman–Crippen MR) is 35.5 cm³/mol. The summed E-state index contributed by atoms with van der Waals surface area (Å²) in [5, 5.41) is 1.70. The van der Waals surface area contributed by atoms with Crippen LogP contribution >= 0.6 is 11.6 Å². The Balaban J connectivity index is 2.76. The van der Waals surface area contributed by atoms with Crippen molar-refractivity contribution in [1.82, 2.24) is 5.32 Å². The van der Waals surface area contributed by atoms with Crippen LogP contribution in [0.4, 0.5) is 13.2 Å². The molecule has 0 fully saturated rings. The minimum Gasteiger partial charge on any atom is -0.371 e. The van der Waals surface area contributed by atoms with Gasteiger partial charge in [-0.1, -0.05) is 11.6 Å². The summed E-state index contributed by atoms with van der Waals surface area (Å²) >= 11 is 5.26. The molecular weight excluding hydrogens is 179 g/mol. The van der Waals surface area contributed by atoms with Gasteiger partial charge in [-0.05, 0) is 18.4 Å². The summed E-state index contributed by atoms with van der Waals surface area (Å²) in [6.45, 7) is 0. The van der Waals surface area contributed by atoms with Crippen molar-refractivity contribution in [3.05, 3.63) is 29.4 Å². The van der Waals surface area contributed by atoms with Crippen LogP contribution in [0.1, 0.15) is 0 Å². The summed E-state index contributed by atoms with van der Waals surface area (Å²) in [4.78, 5) is 0. The van der Waals surface area contributed by atoms with Gasteiger partial charge in [0.1, 0.15) is 0 Å². The Morgan fingerprint density at radius 2 is 2.00 bits per heavy atom. The molecule has 5 heteroatoms. The summed E-state index contributed by atoms with van der Waals surface area (Å²) in [6, 6.07) is -0.915. The van der Waals surface area contributed by atoms with Gasteiger partial charge < -0.3 is 5.32 Å². The molecular formula is C6H4ClF3N. The van der Waals surface area contributed by atoms with Gasteiger partial charge in [-0.15, -0.1) is 0 Å². The van der Waals surface area contributed by atoms with E-state index in [4.69, 9.17) is 11.6 Å². The zero-order valence-electron chi connectivity index (χ0n) is 5.24. The highest BCUT2D eigenvalue weighted by molar-refractivity contribution is 6.31. The van der Waals surface area contributed by atoms with Gasteiger partial charge in [0, 0.05) is 0 Å². The van der Waals surface area contributed by atoms with E-state index in [-0.39, 0.29) is 5.03 Å². The summed E-state index contributed by atoms with van der Waals surface area (Å²) < 4.78 is 35.8. The van der Waals surface area contributed by atoms with Crippen LogP contribution in [-0.4, -0.2) is 6.18 Å². The van der Waals surface area contributed by atoms with E-state index in [1.54, 1.807) is 0 Å². The molecule has 1 rings (SSSR count). The van der Waals surface area contributed by atoms with Crippen LogP contribution in [0.15, 0.2) is 23.4 Å². The van der Waals surface area contributed by atoms with Gasteiger partial charge in [-0.25, -0.2) is 0 Å². The van der Waals surface area contributed by atoms with Gasteiger partial charge in [-0.2, -0.15) is 13.2 Å². The van der Waals surface area contributed by atoms with E-state index >= 15 is 0 Å². The summed E-state index contributed by atoms with van der Waals surface area (Å²) in [5.41, 5.74) is 0. The van der Waals surface area contributed by atoms with E-state index in [0.717, 1.165) is 0 Å². The second-order valence-corrected chi connectivity index (χ2v) is 2.30. The Morgan fingerprint density at radius 3 is 2.36 bits per heavy atom. The Kier molecular flexibility index (Phi) is 2.13. The van der Waals surface area contributed by atoms with Crippen molar-refractivity contribution in [3.63, 3.8) is 0 Å². The van der Waals surface area contributed by atoms with E-state index < -0.39 is 12.2 Å². The fraction of sp³-hybridized carbons (Fsp3) is 0.167. The van der Waals surface area contributed by atoms with E-state index in [1.165, 1.54) is 18.4 Å². The first-order valence-corrected chi connectivity index (χ1v) is 3.13. The van der Waals surface area contributed by atoms with E-state index in [1.807, 2.05) is 5.32 Å². The molecule has 1 nitrogen and oxygen atoms in total. The molecule has 0 aromatic carbocycles.